The van der Waals surface area contributed by atoms with Crippen LogP contribution in [-0.4, -0.2) is 93.4 Å². The Morgan fingerprint density at radius 3 is 2.28 bits per heavy atom. The zero-order valence-corrected chi connectivity index (χ0v) is 23.7. The fourth-order valence-electron chi connectivity index (χ4n) is 9.84. The highest BCUT2D eigenvalue weighted by molar-refractivity contribution is 5.70. The molecule has 0 unspecified atom stereocenters. The molecule has 0 radical (unpaired) electrons. The smallest absolute Gasteiger partial charge is 0.303 e. The number of hydroxylamine groups is 1. The lowest BCUT2D eigenvalue weighted by Crippen LogP contribution is -2.68. The van der Waals surface area contributed by atoms with Crippen molar-refractivity contribution in [3.05, 3.63) is 5.21 Å². The van der Waals surface area contributed by atoms with Crippen molar-refractivity contribution in [1.82, 2.24) is 0 Å². The molecule has 4 fully saturated rings. The van der Waals surface area contributed by atoms with Crippen LogP contribution in [0.25, 0.3) is 0 Å². The van der Waals surface area contributed by atoms with Crippen molar-refractivity contribution in [2.24, 2.45) is 34.5 Å². The third-order valence-electron chi connectivity index (χ3n) is 10.5. The average Bonchev–Trinajstić information content (AvgIpc) is 3.00. The Hall–Kier alpha value is -2.24. The fraction of sp³-hybridized carbons (Fsp3) is 0.857. The predicted molar refractivity (Wildman–Crippen MR) is 136 cm³/mol. The maximum atomic E-state index is 13.6. The van der Waals surface area contributed by atoms with E-state index in [1.807, 2.05) is 0 Å². The third-order valence-corrected chi connectivity index (χ3v) is 10.5. The summed E-state index contributed by atoms with van der Waals surface area (Å²) in [5, 5.41) is 13.6. The Morgan fingerprint density at radius 2 is 1.69 bits per heavy atom. The van der Waals surface area contributed by atoms with E-state index in [1.54, 1.807) is 27.5 Å². The lowest BCUT2D eigenvalue weighted by atomic mass is 9.47. The van der Waals surface area contributed by atoms with Gasteiger partial charge < -0.3 is 33.6 Å². The molecule has 0 aromatic carbocycles. The van der Waals surface area contributed by atoms with Crippen LogP contribution in [0.3, 0.4) is 0 Å². The second-order valence-electron chi connectivity index (χ2n) is 12.3. The summed E-state index contributed by atoms with van der Waals surface area (Å²) in [6.45, 7) is 4.50. The lowest BCUT2D eigenvalue weighted by molar-refractivity contribution is -0.504. The summed E-state index contributed by atoms with van der Waals surface area (Å²) in [4.78, 5) is 37.2. The van der Waals surface area contributed by atoms with Crippen LogP contribution in [0.4, 0.5) is 0 Å². The molecule has 0 saturated heterocycles. The molecule has 39 heavy (non-hydrogen) atoms. The zero-order chi connectivity index (χ0) is 28.3. The first kappa shape index (κ1) is 28.3. The fourth-order valence-corrected chi connectivity index (χ4v) is 9.84. The highest BCUT2D eigenvalue weighted by atomic mass is 16.6. The van der Waals surface area contributed by atoms with Crippen LogP contribution in [-0.2, 0) is 42.8 Å². The SMILES string of the molecule is COC[C@@]12C=[N+]([O-])C[C@]3(CC[C@H]1OC(C)=O)[C@@H]1C[C@]4(OC(C)=O)[C@@H](OC)C[C@H](C[C@H](OC)[C@H]23)[C@H]1[C@H]4OC(C)=O. The molecule has 0 amide bonds. The van der Waals surface area contributed by atoms with Crippen LogP contribution in [0, 0.1) is 39.7 Å². The van der Waals surface area contributed by atoms with Crippen molar-refractivity contribution < 1.29 is 47.5 Å². The minimum Gasteiger partial charge on any atom is -0.624 e. The van der Waals surface area contributed by atoms with E-state index in [1.165, 1.54) is 20.8 Å². The molecule has 0 aromatic heterocycles. The van der Waals surface area contributed by atoms with Gasteiger partial charge in [-0.25, -0.2) is 4.74 Å². The van der Waals surface area contributed by atoms with Crippen molar-refractivity contribution in [3.8, 4) is 0 Å². The number of ether oxygens (including phenoxy) is 6. The number of methoxy groups -OCH3 is 3. The Bertz CT molecular complexity index is 1050. The molecular weight excluding hydrogens is 510 g/mol. The van der Waals surface area contributed by atoms with Crippen LogP contribution in [0.15, 0.2) is 0 Å². The molecule has 0 spiro atoms. The minimum absolute atomic E-state index is 0.0218. The zero-order valence-electron chi connectivity index (χ0n) is 23.7. The van der Waals surface area contributed by atoms with Crippen molar-refractivity contribution in [2.45, 2.75) is 82.9 Å². The van der Waals surface area contributed by atoms with E-state index in [0.717, 1.165) is 4.74 Å². The highest BCUT2D eigenvalue weighted by Gasteiger charge is 2.78. The van der Waals surface area contributed by atoms with Gasteiger partial charge in [-0.3, -0.25) is 14.4 Å². The molecule has 11 nitrogen and oxygen atoms in total. The van der Waals surface area contributed by atoms with E-state index in [-0.39, 0.29) is 42.9 Å². The van der Waals surface area contributed by atoms with Gasteiger partial charge >= 0.3 is 17.9 Å². The summed E-state index contributed by atoms with van der Waals surface area (Å²) in [5.41, 5.74) is -2.68. The molecule has 218 valence electrons. The first-order chi connectivity index (χ1) is 18.5. The number of rotatable bonds is 7. The minimum atomic E-state index is -1.16. The number of carbonyl (C=O) groups is 3. The lowest BCUT2D eigenvalue weighted by Gasteiger charge is -2.59. The number of esters is 3. The molecule has 5 rings (SSSR count). The molecule has 0 aromatic rings. The van der Waals surface area contributed by atoms with Gasteiger partial charge in [0, 0.05) is 59.4 Å². The molecule has 1 heterocycles. The van der Waals surface area contributed by atoms with Gasteiger partial charge in [0.15, 0.2) is 18.4 Å². The Kier molecular flexibility index (Phi) is 7.25. The van der Waals surface area contributed by atoms with Crippen LogP contribution < -0.4 is 0 Å². The first-order valence-corrected chi connectivity index (χ1v) is 13.9. The predicted octanol–water partition coefficient (Wildman–Crippen LogP) is 1.87. The molecule has 11 heteroatoms. The molecule has 5 aliphatic rings. The molecular formula is C28H41NO10. The van der Waals surface area contributed by atoms with Crippen molar-refractivity contribution >= 4 is 24.1 Å². The topological polar surface area (TPSA) is 133 Å². The van der Waals surface area contributed by atoms with Gasteiger partial charge in [-0.15, -0.1) is 0 Å². The van der Waals surface area contributed by atoms with E-state index >= 15 is 0 Å². The van der Waals surface area contributed by atoms with Gasteiger partial charge in [0.05, 0.1) is 12.7 Å². The third kappa shape index (κ3) is 4.10. The van der Waals surface area contributed by atoms with Crippen LogP contribution >= 0.6 is 0 Å². The van der Waals surface area contributed by atoms with E-state index in [2.05, 4.69) is 0 Å². The number of fused-ring (bicyclic) bond motifs is 1. The molecule has 0 N–H and O–H groups in total. The summed E-state index contributed by atoms with van der Waals surface area (Å²) in [6.07, 6.45) is 2.37. The maximum absolute atomic E-state index is 13.6. The second kappa shape index (κ2) is 9.99. The van der Waals surface area contributed by atoms with Crippen molar-refractivity contribution in [2.75, 3.05) is 34.5 Å². The van der Waals surface area contributed by atoms with Gasteiger partial charge in [-0.05, 0) is 43.9 Å². The van der Waals surface area contributed by atoms with Gasteiger partial charge in [0.25, 0.3) is 0 Å². The number of carbonyl (C=O) groups excluding carboxylic acids is 3. The van der Waals surface area contributed by atoms with Crippen LogP contribution in [0.5, 0.6) is 0 Å². The van der Waals surface area contributed by atoms with Crippen molar-refractivity contribution in [1.29, 1.82) is 0 Å². The van der Waals surface area contributed by atoms with Gasteiger partial charge in [-0.1, -0.05) is 0 Å². The van der Waals surface area contributed by atoms with E-state index in [4.69, 9.17) is 28.4 Å². The van der Waals surface area contributed by atoms with E-state index < -0.39 is 52.7 Å². The molecule has 1 aliphatic heterocycles. The molecule has 4 saturated carbocycles. The number of nitrogens with zero attached hydrogens (tertiary/aromatic N) is 1. The quantitative estimate of drug-likeness (QED) is 0.200. The summed E-state index contributed by atoms with van der Waals surface area (Å²) < 4.78 is 37.0. The summed E-state index contributed by atoms with van der Waals surface area (Å²) in [7, 11) is 4.86. The summed E-state index contributed by atoms with van der Waals surface area (Å²) in [5.74, 6) is -1.84. The standard InChI is InChI=1S/C28H41NO10/c1-15(30)37-21-7-8-26-12-29(33)13-27(21,14-34-4)24(26)20(35-5)9-18-10-22(36-6)28(39-17(3)32)11-19(26)23(18)25(28)38-16(2)31/h13,18-25H,7-12,14H2,1-6H3/t18-,19+,20-,21+,22-,23+,24-,25+,26+,27-,28-/m0/s1. The Morgan fingerprint density at radius 1 is 0.974 bits per heavy atom. The monoisotopic (exact) mass is 551 g/mol. The van der Waals surface area contributed by atoms with Gasteiger partial charge in [0.2, 0.25) is 0 Å². The van der Waals surface area contributed by atoms with Crippen LogP contribution in [0.2, 0.25) is 0 Å². The number of hydrogen-bond donors (Lipinski definition) is 0. The Balaban J connectivity index is 1.73. The first-order valence-electron chi connectivity index (χ1n) is 13.9. The normalized spacial score (nSPS) is 45.8. The highest BCUT2D eigenvalue weighted by Crippen LogP contribution is 2.70. The average molecular weight is 552 g/mol. The second-order valence-corrected chi connectivity index (χ2v) is 12.3. The van der Waals surface area contributed by atoms with E-state index in [9.17, 15) is 19.6 Å². The van der Waals surface area contributed by atoms with Gasteiger partial charge in [-0.2, -0.15) is 0 Å². The molecule has 11 atom stereocenters. The largest absolute Gasteiger partial charge is 0.624 e. The maximum Gasteiger partial charge on any atom is 0.303 e. The van der Waals surface area contributed by atoms with Gasteiger partial charge in [0.1, 0.15) is 23.7 Å². The summed E-state index contributed by atoms with van der Waals surface area (Å²) in [6, 6.07) is 0. The molecule has 4 aliphatic carbocycles. The number of hydrogen-bond acceptors (Lipinski definition) is 10. The van der Waals surface area contributed by atoms with E-state index in [0.29, 0.717) is 32.1 Å². The Labute approximate surface area is 229 Å². The molecule has 4 bridgehead atoms. The summed E-state index contributed by atoms with van der Waals surface area (Å²) >= 11 is 0. The van der Waals surface area contributed by atoms with Crippen molar-refractivity contribution in [3.63, 3.8) is 0 Å². The van der Waals surface area contributed by atoms with Crippen LogP contribution in [0.1, 0.15) is 52.9 Å².